The zero-order valence-electron chi connectivity index (χ0n) is 22.8. The molecule has 0 unspecified atom stereocenters. The molecule has 40 heavy (non-hydrogen) atoms. The summed E-state index contributed by atoms with van der Waals surface area (Å²) in [6.45, 7) is 5.95. The zero-order chi connectivity index (χ0) is 29.6. The molecule has 1 aliphatic heterocycles. The number of amides is 1. The number of carbonyl (C=O) groups is 1. The minimum atomic E-state index is -5.00. The molecule has 1 fully saturated rings. The van der Waals surface area contributed by atoms with Crippen LogP contribution in [0.2, 0.25) is 0 Å². The Morgan fingerprint density at radius 3 is 2.23 bits per heavy atom. The molecule has 4 nitrogen and oxygen atoms in total. The molecule has 2 atom stereocenters. The number of alkyl halides is 6. The molecule has 4 rings (SSSR count). The second kappa shape index (κ2) is 10.9. The van der Waals surface area contributed by atoms with Gasteiger partial charge in [0.05, 0.1) is 24.3 Å². The van der Waals surface area contributed by atoms with E-state index in [1.54, 1.807) is 25.8 Å². The summed E-state index contributed by atoms with van der Waals surface area (Å²) in [7, 11) is 1.58. The lowest BCUT2D eigenvalue weighted by Gasteiger charge is -2.36. The first-order valence-electron chi connectivity index (χ1n) is 12.7. The van der Waals surface area contributed by atoms with Crippen molar-refractivity contribution in [1.29, 1.82) is 0 Å². The fourth-order valence-electron chi connectivity index (χ4n) is 5.45. The van der Waals surface area contributed by atoms with Crippen molar-refractivity contribution in [2.75, 3.05) is 19.9 Å². The molecule has 218 valence electrons. The summed E-state index contributed by atoms with van der Waals surface area (Å²) in [4.78, 5) is 15.5. The summed E-state index contributed by atoms with van der Waals surface area (Å²) in [5.41, 5.74) is -0.427. The van der Waals surface area contributed by atoms with Gasteiger partial charge in [-0.1, -0.05) is 13.8 Å². The molecule has 1 aliphatic carbocycles. The van der Waals surface area contributed by atoms with Crippen molar-refractivity contribution in [1.82, 2.24) is 4.90 Å². The third-order valence-corrected chi connectivity index (χ3v) is 8.32. The molecular formula is C29H31F6NO3S. The largest absolute Gasteiger partial charge is 0.496 e. The lowest BCUT2D eigenvalue weighted by atomic mass is 9.72. The number of thioether (sulfide) groups is 1. The number of allylic oxidation sites excluding steroid dienone is 1. The lowest BCUT2D eigenvalue weighted by Crippen LogP contribution is -2.35. The van der Waals surface area contributed by atoms with Gasteiger partial charge >= 0.3 is 18.4 Å². The molecule has 0 bridgehead atoms. The molecule has 2 aliphatic rings. The first-order valence-corrected chi connectivity index (χ1v) is 14.0. The minimum Gasteiger partial charge on any atom is -0.496 e. The summed E-state index contributed by atoms with van der Waals surface area (Å²) >= 11 is 1.58. The van der Waals surface area contributed by atoms with Gasteiger partial charge in [0.2, 0.25) is 0 Å². The Bertz CT molecular complexity index is 1290. The quantitative estimate of drug-likeness (QED) is 0.250. The predicted molar refractivity (Wildman–Crippen MR) is 141 cm³/mol. The number of benzene rings is 2. The Morgan fingerprint density at radius 2 is 1.68 bits per heavy atom. The van der Waals surface area contributed by atoms with Gasteiger partial charge in [-0.05, 0) is 91.0 Å². The summed E-state index contributed by atoms with van der Waals surface area (Å²) in [6, 6.07) is 6.39. The summed E-state index contributed by atoms with van der Waals surface area (Å²) < 4.78 is 91.9. The molecule has 0 radical (unpaired) electrons. The van der Waals surface area contributed by atoms with E-state index in [1.165, 1.54) is 4.90 Å². The summed E-state index contributed by atoms with van der Waals surface area (Å²) in [5.74, 6) is 0.684. The normalized spacial score (nSPS) is 21.6. The van der Waals surface area contributed by atoms with E-state index in [1.807, 2.05) is 24.5 Å². The number of rotatable bonds is 6. The van der Waals surface area contributed by atoms with Crippen LogP contribution in [0.4, 0.5) is 31.1 Å². The first-order chi connectivity index (χ1) is 18.5. The van der Waals surface area contributed by atoms with E-state index in [4.69, 9.17) is 9.47 Å². The number of ether oxygens (including phenoxy) is 2. The number of cyclic esters (lactones) is 1. The highest BCUT2D eigenvalue weighted by Gasteiger charge is 2.44. The van der Waals surface area contributed by atoms with E-state index in [9.17, 15) is 31.1 Å². The van der Waals surface area contributed by atoms with Crippen molar-refractivity contribution in [3.05, 3.63) is 64.2 Å². The van der Waals surface area contributed by atoms with Gasteiger partial charge in [0.1, 0.15) is 11.9 Å². The van der Waals surface area contributed by atoms with Crippen LogP contribution in [0, 0.1) is 5.41 Å². The van der Waals surface area contributed by atoms with Crippen LogP contribution in [0.15, 0.2) is 46.9 Å². The van der Waals surface area contributed by atoms with Gasteiger partial charge in [-0.3, -0.25) is 4.90 Å². The second-order valence-electron chi connectivity index (χ2n) is 11.0. The Morgan fingerprint density at radius 1 is 1.05 bits per heavy atom. The van der Waals surface area contributed by atoms with Crippen molar-refractivity contribution in [3.63, 3.8) is 0 Å². The Kier molecular flexibility index (Phi) is 8.19. The monoisotopic (exact) mass is 587 g/mol. The van der Waals surface area contributed by atoms with E-state index in [-0.39, 0.29) is 23.6 Å². The maximum Gasteiger partial charge on any atom is 0.416 e. The predicted octanol–water partition coefficient (Wildman–Crippen LogP) is 9.00. The SMILES string of the molecule is COc1ccc(SC)cc1C1=C(CN2C(=O)O[C@H](c3cc(C(F)(F)F)cc(C(F)(F)F)c3)[C@@H]2C)CC(C)(C)CC1. The zero-order valence-corrected chi connectivity index (χ0v) is 23.6. The molecule has 1 heterocycles. The number of halogens is 6. The van der Waals surface area contributed by atoms with E-state index in [2.05, 4.69) is 13.8 Å². The van der Waals surface area contributed by atoms with Crippen LogP contribution < -0.4 is 4.74 Å². The van der Waals surface area contributed by atoms with Gasteiger partial charge in [0.25, 0.3) is 0 Å². The highest BCUT2D eigenvalue weighted by Crippen LogP contribution is 2.47. The van der Waals surface area contributed by atoms with Gasteiger partial charge in [-0.15, -0.1) is 11.8 Å². The Balaban J connectivity index is 1.73. The van der Waals surface area contributed by atoms with Gasteiger partial charge in [-0.25, -0.2) is 4.79 Å². The molecule has 0 spiro atoms. The molecular weight excluding hydrogens is 556 g/mol. The third-order valence-electron chi connectivity index (χ3n) is 7.59. The number of methoxy groups -OCH3 is 1. The van der Waals surface area contributed by atoms with Crippen molar-refractivity contribution < 1.29 is 40.6 Å². The number of hydrogen-bond donors (Lipinski definition) is 0. The average molecular weight is 588 g/mol. The van der Waals surface area contributed by atoms with E-state index in [0.29, 0.717) is 24.3 Å². The lowest BCUT2D eigenvalue weighted by molar-refractivity contribution is -0.143. The first kappa shape index (κ1) is 30.1. The number of hydrogen-bond acceptors (Lipinski definition) is 4. The van der Waals surface area contributed by atoms with Crippen LogP contribution in [0.1, 0.15) is 68.4 Å². The molecule has 1 amide bonds. The van der Waals surface area contributed by atoms with Crippen LogP contribution in [0.25, 0.3) is 5.57 Å². The standard InChI is InChI=1S/C29H31F6NO3S/c1-16-25(17-10-19(28(30,31)32)12-20(11-17)29(33,34)35)39-26(37)36(16)15-18-14-27(2,3)9-8-22(18)23-13-21(40-5)6-7-24(23)38-4/h6-7,10-13,16,25H,8-9,14-15H2,1-5H3/t16-,25-/m0/s1. The summed E-state index contributed by atoms with van der Waals surface area (Å²) in [6.07, 6.45) is -7.86. The van der Waals surface area contributed by atoms with Gasteiger partial charge < -0.3 is 9.47 Å². The molecule has 0 aromatic heterocycles. The van der Waals surface area contributed by atoms with Crippen molar-refractivity contribution in [3.8, 4) is 5.75 Å². The number of nitrogens with zero attached hydrogens (tertiary/aromatic N) is 1. The van der Waals surface area contributed by atoms with Crippen LogP contribution in [-0.2, 0) is 17.1 Å². The third kappa shape index (κ3) is 6.24. The van der Waals surface area contributed by atoms with Crippen molar-refractivity contribution >= 4 is 23.4 Å². The minimum absolute atomic E-state index is 0.0694. The Hall–Kier alpha value is -2.82. The highest BCUT2D eigenvalue weighted by atomic mass is 32.2. The van der Waals surface area contributed by atoms with E-state index >= 15 is 0 Å². The maximum atomic E-state index is 13.5. The highest BCUT2D eigenvalue weighted by molar-refractivity contribution is 7.98. The molecule has 0 saturated carbocycles. The smallest absolute Gasteiger partial charge is 0.416 e. The molecule has 11 heteroatoms. The van der Waals surface area contributed by atoms with Crippen LogP contribution in [-0.4, -0.2) is 36.9 Å². The van der Waals surface area contributed by atoms with Gasteiger partial charge in [-0.2, -0.15) is 26.3 Å². The molecule has 2 aromatic rings. The van der Waals surface area contributed by atoms with Gasteiger partial charge in [0.15, 0.2) is 0 Å². The second-order valence-corrected chi connectivity index (χ2v) is 11.9. The fraction of sp³-hybridized carbons (Fsp3) is 0.483. The van der Waals surface area contributed by atoms with Gasteiger partial charge in [0, 0.05) is 17.0 Å². The van der Waals surface area contributed by atoms with Crippen LogP contribution in [0.5, 0.6) is 5.75 Å². The average Bonchev–Trinajstić information content (AvgIpc) is 3.15. The number of carbonyl (C=O) groups excluding carboxylic acids is 1. The molecule has 2 aromatic carbocycles. The van der Waals surface area contributed by atoms with E-state index in [0.717, 1.165) is 34.4 Å². The van der Waals surface area contributed by atoms with Crippen LogP contribution >= 0.6 is 11.8 Å². The molecule has 0 N–H and O–H groups in total. The van der Waals surface area contributed by atoms with Crippen molar-refractivity contribution in [2.24, 2.45) is 5.41 Å². The fourth-order valence-corrected chi connectivity index (χ4v) is 5.89. The topological polar surface area (TPSA) is 38.8 Å². The van der Waals surface area contributed by atoms with Crippen LogP contribution in [0.3, 0.4) is 0 Å². The molecule has 1 saturated heterocycles. The van der Waals surface area contributed by atoms with Crippen molar-refractivity contribution in [2.45, 2.75) is 69.4 Å². The Labute approximate surface area is 233 Å². The maximum absolute atomic E-state index is 13.5. The summed E-state index contributed by atoms with van der Waals surface area (Å²) in [5, 5.41) is 0. The van der Waals surface area contributed by atoms with E-state index < -0.39 is 41.7 Å².